The average Bonchev–Trinajstić information content (AvgIpc) is 1.58. The highest BCUT2D eigenvalue weighted by Crippen LogP contribution is 2.45. The molecule has 3 fully saturated rings. The lowest BCUT2D eigenvalue weighted by Gasteiger charge is -2.38. The van der Waals surface area contributed by atoms with E-state index < -0.39 is 0 Å². The first-order valence-electron chi connectivity index (χ1n) is 45.0. The van der Waals surface area contributed by atoms with Gasteiger partial charge < -0.3 is 0 Å². The molecule has 4 rings (SSSR count). The lowest BCUT2D eigenvalue weighted by molar-refractivity contribution is 0.189. The first kappa shape index (κ1) is 132. The molecular weight excluding hydrogens is 1710 g/mol. The van der Waals surface area contributed by atoms with Crippen LogP contribution in [0.2, 0.25) is 0 Å². The van der Waals surface area contributed by atoms with Crippen molar-refractivity contribution in [2.75, 3.05) is 123 Å². The van der Waals surface area contributed by atoms with E-state index >= 15 is 0 Å². The van der Waals surface area contributed by atoms with Gasteiger partial charge in [0.2, 0.25) is 0 Å². The predicted octanol–water partition coefficient (Wildman–Crippen LogP) is 31.4. The Bertz CT molecular complexity index is 2010. The van der Waals surface area contributed by atoms with Gasteiger partial charge in [-0.3, -0.25) is 0 Å². The van der Waals surface area contributed by atoms with Crippen molar-refractivity contribution in [1.29, 1.82) is 0 Å². The molecule has 111 heavy (non-hydrogen) atoms. The van der Waals surface area contributed by atoms with Crippen LogP contribution in [0.4, 0.5) is 0 Å². The number of rotatable bonds is 43. The number of hydrogen-bond donors (Lipinski definition) is 0. The molecule has 20 heteroatoms. The molecule has 21 unspecified atom stereocenters. The van der Waals surface area contributed by atoms with Crippen LogP contribution in [0, 0.1) is 78.3 Å². The second kappa shape index (κ2) is 79.9. The van der Waals surface area contributed by atoms with Gasteiger partial charge in [0.05, 0.1) is 0 Å². The summed E-state index contributed by atoms with van der Waals surface area (Å²) >= 11 is 0. The maximum absolute atomic E-state index is 2.94. The van der Waals surface area contributed by atoms with Crippen LogP contribution in [-0.2, 0) is 5.41 Å². The highest BCUT2D eigenvalue weighted by molar-refractivity contribution is 7.21. The van der Waals surface area contributed by atoms with Gasteiger partial charge in [0.15, 0.2) is 0 Å². The second-order valence-corrected chi connectivity index (χ2v) is 45.0. The second-order valence-electron chi connectivity index (χ2n) is 36.8. The van der Waals surface area contributed by atoms with Crippen molar-refractivity contribution in [1.82, 2.24) is 0 Å². The minimum Gasteiger partial charge on any atom is -0.137 e. The normalized spacial score (nSPS) is 15.5. The Kier molecular flexibility index (Phi) is 95.0. The molecule has 0 spiro atoms. The van der Waals surface area contributed by atoms with Crippen LogP contribution in [0.5, 0.6) is 0 Å². The van der Waals surface area contributed by atoms with Crippen LogP contribution >= 0.6 is 185 Å². The minimum absolute atomic E-state index is 0. The number of benzene rings is 1. The van der Waals surface area contributed by atoms with Gasteiger partial charge in [-0.15, -0.1) is 185 Å². The molecule has 1 aromatic rings. The van der Waals surface area contributed by atoms with Crippen LogP contribution in [0.3, 0.4) is 0 Å². The van der Waals surface area contributed by atoms with Gasteiger partial charge in [-0.05, 0) is 296 Å². The molecule has 0 saturated heterocycles. The van der Waals surface area contributed by atoms with Gasteiger partial charge >= 0.3 is 0 Å². The summed E-state index contributed by atoms with van der Waals surface area (Å²) in [5.74, 6) is 4.29. The topological polar surface area (TPSA) is 0 Å². The Labute approximate surface area is 752 Å². The quantitative estimate of drug-likeness (QED) is 0.0452. The average molecular weight is 1920 g/mol. The summed E-state index contributed by atoms with van der Waals surface area (Å²) < 4.78 is 0. The first-order chi connectivity index (χ1) is 52.0. The maximum Gasteiger partial charge on any atom is -0.000637 e. The SMILES string of the molecule is C.CC(C)C(C)(CP)CP.CC(C)CCC(CP)(CP)C(C)C.CC(CP)(CP)C1CCCCC1.CC(CP)(CP)c1ccccc1.CCC(C)(CP)CP.CCCC(CP)(CP)CC(C)CC.CCCCC(CC)(CP)CP.CCCCCC(CP)(CP)CCC.PCC1(CP)CCCC1.PCC1(CP)CCCCC1. The molecule has 3 aliphatic carbocycles. The van der Waals surface area contributed by atoms with Gasteiger partial charge in [-0.1, -0.05) is 278 Å². The minimum atomic E-state index is 0. The van der Waals surface area contributed by atoms with E-state index in [1.807, 2.05) is 0 Å². The molecule has 1 aromatic carbocycles. The van der Waals surface area contributed by atoms with Gasteiger partial charge in [-0.25, -0.2) is 0 Å². The Morgan fingerprint density at radius 3 is 1.02 bits per heavy atom. The van der Waals surface area contributed by atoms with Crippen molar-refractivity contribution in [3.05, 3.63) is 35.9 Å². The van der Waals surface area contributed by atoms with Gasteiger partial charge in [-0.2, -0.15) is 0 Å². The Hall–Kier alpha value is 7.82. The molecule has 21 atom stereocenters. The Morgan fingerprint density at radius 2 is 0.757 bits per heavy atom. The third-order valence-electron chi connectivity index (χ3n) is 27.4. The largest absolute Gasteiger partial charge is 0.137 e. The van der Waals surface area contributed by atoms with Crippen LogP contribution < -0.4 is 0 Å². The fourth-order valence-electron chi connectivity index (χ4n) is 14.5. The molecule has 674 valence electrons. The molecule has 0 aliphatic heterocycles. The molecular formula is C91H210P20. The smallest absolute Gasteiger partial charge is 0.000637 e. The van der Waals surface area contributed by atoms with Crippen LogP contribution in [0.15, 0.2) is 30.3 Å². The van der Waals surface area contributed by atoms with Crippen molar-refractivity contribution in [3.8, 4) is 0 Å². The lowest BCUT2D eigenvalue weighted by Crippen LogP contribution is -2.32. The summed E-state index contributed by atoms with van der Waals surface area (Å²) in [4.78, 5) is 0. The third kappa shape index (κ3) is 58.2. The molecule has 0 bridgehead atoms. The van der Waals surface area contributed by atoms with E-state index in [-0.39, 0.29) is 7.43 Å². The van der Waals surface area contributed by atoms with Crippen molar-refractivity contribution in [2.45, 2.75) is 337 Å². The van der Waals surface area contributed by atoms with Crippen LogP contribution in [0.1, 0.15) is 337 Å². The van der Waals surface area contributed by atoms with Crippen LogP contribution in [-0.4, -0.2) is 123 Å². The molecule has 0 N–H and O–H groups in total. The lowest BCUT2D eigenvalue weighted by atomic mass is 9.72. The fourth-order valence-corrected chi connectivity index (χ4v) is 29.4. The van der Waals surface area contributed by atoms with Crippen molar-refractivity contribution in [2.24, 2.45) is 78.3 Å². The summed E-state index contributed by atoms with van der Waals surface area (Å²) in [7, 11) is 57.8. The van der Waals surface area contributed by atoms with E-state index in [0.29, 0.717) is 54.1 Å². The third-order valence-corrected chi connectivity index (χ3v) is 45.2. The summed E-state index contributed by atoms with van der Waals surface area (Å²) in [5.41, 5.74) is 7.10. The zero-order valence-electron chi connectivity index (χ0n) is 76.9. The van der Waals surface area contributed by atoms with E-state index in [1.165, 1.54) is 316 Å². The molecule has 3 saturated carbocycles. The summed E-state index contributed by atoms with van der Waals surface area (Å²) in [5, 5.41) is 0. The highest BCUT2D eigenvalue weighted by Gasteiger charge is 2.34. The molecule has 0 aromatic heterocycles. The number of hydrogen-bond acceptors (Lipinski definition) is 0. The fraction of sp³-hybridized carbons (Fsp3) is 0.934. The Balaban J connectivity index is -0.000000217. The summed E-state index contributed by atoms with van der Waals surface area (Å²) in [6.45, 7) is 41.7. The van der Waals surface area contributed by atoms with E-state index in [9.17, 15) is 0 Å². The van der Waals surface area contributed by atoms with Gasteiger partial charge in [0.25, 0.3) is 0 Å². The van der Waals surface area contributed by atoms with Crippen molar-refractivity contribution < 1.29 is 0 Å². The standard InChI is InChI=1S/3C11H26P2.C10H22P2.C10H16P2.C9H22P2.C8H18P2.C7H16P2.C7H18P2.C6H16P2.CH4/c1-9(2)5-6-11(7-12,8-13)10(3)4;1-4-6-11(8-12,9-13)7-10(3)5-2;1-3-5-6-8-11(9-12,10-13)7-4-2;2*1-10(7-11,8-12)9-5-3-2-4-6-9;1-3-5-6-9(4-2,7-10)8-11;9-6-8(7-10)4-2-1-3-5-8;8-5-7(6-9)3-1-2-4-7;1-6(2)7(3,4-8)5-9;1-3-6(2,4-7)5-8;/h9-10H,5-8,12-13H2,1-4H3;10H,4-9,12-13H2,1-3H3;3-10,12-13H2,1-2H3;9H,2-8,11-12H2,1H3;2-6H,7-8,11-12H2,1H3;3-8,10-11H2,1-2H3;1-7,9-10H2;1-6,8-9H2;6H,4-5,8-9H2,1-3H3;3-5,7-8H2,1-2H3;1H4. The maximum atomic E-state index is 2.94. The van der Waals surface area contributed by atoms with Crippen molar-refractivity contribution in [3.63, 3.8) is 0 Å². The van der Waals surface area contributed by atoms with E-state index in [1.54, 1.807) is 0 Å². The molecule has 0 radical (unpaired) electrons. The van der Waals surface area contributed by atoms with E-state index in [2.05, 4.69) is 340 Å². The van der Waals surface area contributed by atoms with E-state index in [0.717, 1.165) is 41.9 Å². The predicted molar refractivity (Wildman–Crippen MR) is 611 cm³/mol. The van der Waals surface area contributed by atoms with Crippen molar-refractivity contribution >= 4 is 185 Å². The van der Waals surface area contributed by atoms with Crippen LogP contribution in [0.25, 0.3) is 0 Å². The molecule has 0 amide bonds. The summed E-state index contributed by atoms with van der Waals surface area (Å²) in [6, 6.07) is 10.7. The Morgan fingerprint density at radius 1 is 0.369 bits per heavy atom. The molecule has 3 aliphatic rings. The number of unbranched alkanes of at least 4 members (excludes halogenated alkanes) is 3. The van der Waals surface area contributed by atoms with E-state index in [4.69, 9.17) is 0 Å². The van der Waals surface area contributed by atoms with Gasteiger partial charge in [0.1, 0.15) is 0 Å². The zero-order valence-corrected chi connectivity index (χ0v) is 100.0. The van der Waals surface area contributed by atoms with Gasteiger partial charge in [0, 0.05) is 0 Å². The summed E-state index contributed by atoms with van der Waals surface area (Å²) in [6.07, 6.45) is 68.5. The monoisotopic (exact) mass is 1920 g/mol. The highest BCUT2D eigenvalue weighted by atomic mass is 31.0. The first-order valence-corrected chi connectivity index (χ1v) is 61.4. The molecule has 0 heterocycles. The molecule has 0 nitrogen and oxygen atoms in total. The zero-order chi connectivity index (χ0) is 86.1.